The van der Waals surface area contributed by atoms with Crippen LogP contribution in [0.1, 0.15) is 33.1 Å². The fraction of sp³-hybridized carbons (Fsp3) is 0.562. The lowest BCUT2D eigenvalue weighted by Crippen LogP contribution is -2.56. The molecular formula is C16H25Cl2N3O3S. The maximum Gasteiger partial charge on any atom is 0.241 e. The zero-order valence-electron chi connectivity index (χ0n) is 14.3. The van der Waals surface area contributed by atoms with E-state index in [1.165, 1.54) is 24.3 Å². The second-order valence-corrected chi connectivity index (χ2v) is 8.40. The van der Waals surface area contributed by atoms with Crippen molar-refractivity contribution in [3.63, 3.8) is 0 Å². The molecule has 0 aliphatic carbocycles. The van der Waals surface area contributed by atoms with Crippen molar-refractivity contribution in [1.82, 2.24) is 9.62 Å². The number of hydrogen-bond donors (Lipinski definition) is 2. The third-order valence-electron chi connectivity index (χ3n) is 4.27. The second-order valence-electron chi connectivity index (χ2n) is 6.25. The third-order valence-corrected chi connectivity index (χ3v) is 6.07. The van der Waals surface area contributed by atoms with E-state index in [1.54, 1.807) is 11.8 Å². The first-order chi connectivity index (χ1) is 11.2. The van der Waals surface area contributed by atoms with Gasteiger partial charge in [0.25, 0.3) is 0 Å². The van der Waals surface area contributed by atoms with Gasteiger partial charge < -0.3 is 10.6 Å². The normalized spacial score (nSPS) is 20.5. The highest BCUT2D eigenvalue weighted by Crippen LogP contribution is 2.21. The van der Waals surface area contributed by atoms with E-state index in [2.05, 4.69) is 4.72 Å². The molecule has 1 heterocycles. The van der Waals surface area contributed by atoms with Gasteiger partial charge in [0, 0.05) is 23.7 Å². The Kier molecular flexibility index (Phi) is 8.15. The Balaban J connectivity index is 0.00000312. The van der Waals surface area contributed by atoms with Gasteiger partial charge in [0.15, 0.2) is 0 Å². The van der Waals surface area contributed by atoms with Crippen molar-refractivity contribution in [3.8, 4) is 0 Å². The number of amides is 1. The lowest BCUT2D eigenvalue weighted by atomic mass is 9.96. The molecule has 142 valence electrons. The van der Waals surface area contributed by atoms with Crippen molar-refractivity contribution < 1.29 is 13.2 Å². The van der Waals surface area contributed by atoms with E-state index >= 15 is 0 Å². The monoisotopic (exact) mass is 409 g/mol. The summed E-state index contributed by atoms with van der Waals surface area (Å²) in [5.41, 5.74) is 5.98. The van der Waals surface area contributed by atoms with Gasteiger partial charge in [0.1, 0.15) is 0 Å². The summed E-state index contributed by atoms with van der Waals surface area (Å²) in [4.78, 5) is 14.5. The van der Waals surface area contributed by atoms with E-state index in [-0.39, 0.29) is 35.3 Å². The van der Waals surface area contributed by atoms with Crippen LogP contribution in [-0.4, -0.2) is 43.9 Å². The smallest absolute Gasteiger partial charge is 0.241 e. The van der Waals surface area contributed by atoms with E-state index < -0.39 is 16.1 Å². The zero-order valence-corrected chi connectivity index (χ0v) is 16.7. The first-order valence-electron chi connectivity index (χ1n) is 8.06. The molecular weight excluding hydrogens is 385 g/mol. The molecule has 1 aliphatic heterocycles. The van der Waals surface area contributed by atoms with E-state index in [0.29, 0.717) is 11.6 Å². The zero-order chi connectivity index (χ0) is 17.9. The van der Waals surface area contributed by atoms with Gasteiger partial charge >= 0.3 is 0 Å². The summed E-state index contributed by atoms with van der Waals surface area (Å²) in [6, 6.07) is 4.77. The van der Waals surface area contributed by atoms with Gasteiger partial charge in [-0.1, -0.05) is 11.6 Å². The SMILES string of the molecule is CC(NS(=O)(=O)c1ccc(Cl)cc1)C(=O)N1CCCCC1C(C)N.Cl. The molecule has 1 amide bonds. The fourth-order valence-electron chi connectivity index (χ4n) is 2.99. The number of sulfonamides is 1. The minimum atomic E-state index is -3.79. The molecule has 6 nitrogen and oxygen atoms in total. The third kappa shape index (κ3) is 5.56. The summed E-state index contributed by atoms with van der Waals surface area (Å²) in [6.45, 7) is 4.04. The number of nitrogens with one attached hydrogen (secondary N) is 1. The molecule has 3 atom stereocenters. The number of nitrogens with zero attached hydrogens (tertiary/aromatic N) is 1. The summed E-state index contributed by atoms with van der Waals surface area (Å²) in [5, 5.41) is 0.450. The van der Waals surface area contributed by atoms with Crippen LogP contribution in [0.4, 0.5) is 0 Å². The predicted molar refractivity (Wildman–Crippen MR) is 101 cm³/mol. The number of carbonyl (C=O) groups excluding carboxylic acids is 1. The fourth-order valence-corrected chi connectivity index (χ4v) is 4.31. The highest BCUT2D eigenvalue weighted by Gasteiger charge is 2.33. The van der Waals surface area contributed by atoms with Crippen molar-refractivity contribution in [2.45, 2.75) is 56.1 Å². The van der Waals surface area contributed by atoms with Gasteiger partial charge in [-0.25, -0.2) is 8.42 Å². The van der Waals surface area contributed by atoms with Crippen molar-refractivity contribution in [1.29, 1.82) is 0 Å². The van der Waals surface area contributed by atoms with Crippen LogP contribution in [0.3, 0.4) is 0 Å². The summed E-state index contributed by atoms with van der Waals surface area (Å²) in [5.74, 6) is -0.241. The average Bonchev–Trinajstić information content (AvgIpc) is 2.54. The van der Waals surface area contributed by atoms with Gasteiger partial charge in [0.2, 0.25) is 15.9 Å². The Morgan fingerprint density at radius 3 is 2.44 bits per heavy atom. The van der Waals surface area contributed by atoms with Gasteiger partial charge in [-0.15, -0.1) is 12.4 Å². The van der Waals surface area contributed by atoms with Crippen LogP contribution in [-0.2, 0) is 14.8 Å². The molecule has 1 aromatic carbocycles. The highest BCUT2D eigenvalue weighted by molar-refractivity contribution is 7.89. The molecule has 25 heavy (non-hydrogen) atoms. The van der Waals surface area contributed by atoms with E-state index in [1.807, 2.05) is 6.92 Å². The second kappa shape index (κ2) is 9.19. The molecule has 3 unspecified atom stereocenters. The van der Waals surface area contributed by atoms with Crippen LogP contribution in [0.2, 0.25) is 5.02 Å². The van der Waals surface area contributed by atoms with Crippen LogP contribution in [0.5, 0.6) is 0 Å². The molecule has 2 rings (SSSR count). The number of halogens is 2. The molecule has 0 spiro atoms. The molecule has 9 heteroatoms. The molecule has 0 bridgehead atoms. The molecule has 1 aromatic rings. The largest absolute Gasteiger partial charge is 0.337 e. The van der Waals surface area contributed by atoms with Crippen LogP contribution in [0.15, 0.2) is 29.2 Å². The minimum Gasteiger partial charge on any atom is -0.337 e. The summed E-state index contributed by atoms with van der Waals surface area (Å²) >= 11 is 5.78. The summed E-state index contributed by atoms with van der Waals surface area (Å²) in [7, 11) is -3.79. The Labute approximate surface area is 160 Å². The van der Waals surface area contributed by atoms with Crippen LogP contribution in [0.25, 0.3) is 0 Å². The number of likely N-dealkylation sites (tertiary alicyclic amines) is 1. The van der Waals surface area contributed by atoms with E-state index in [9.17, 15) is 13.2 Å². The lowest BCUT2D eigenvalue weighted by molar-refractivity contribution is -0.136. The topological polar surface area (TPSA) is 92.5 Å². The molecule has 3 N–H and O–H groups in total. The highest BCUT2D eigenvalue weighted by atomic mass is 35.5. The van der Waals surface area contributed by atoms with Crippen molar-refractivity contribution in [2.75, 3.05) is 6.54 Å². The number of nitrogens with two attached hydrogens (primary N) is 1. The predicted octanol–water partition coefficient (Wildman–Crippen LogP) is 2.16. The molecule has 1 saturated heterocycles. The minimum absolute atomic E-state index is 0. The number of benzene rings is 1. The van der Waals surface area contributed by atoms with E-state index in [4.69, 9.17) is 17.3 Å². The Hall–Kier alpha value is -0.860. The molecule has 0 radical (unpaired) electrons. The molecule has 1 aliphatic rings. The van der Waals surface area contributed by atoms with Crippen molar-refractivity contribution in [3.05, 3.63) is 29.3 Å². The van der Waals surface area contributed by atoms with Gasteiger partial charge in [-0.3, -0.25) is 4.79 Å². The molecule has 1 fully saturated rings. The van der Waals surface area contributed by atoms with Crippen molar-refractivity contribution in [2.24, 2.45) is 5.73 Å². The maximum absolute atomic E-state index is 12.7. The Bertz CT molecular complexity index is 680. The summed E-state index contributed by atoms with van der Waals surface area (Å²) in [6.07, 6.45) is 2.78. The number of hydrogen-bond acceptors (Lipinski definition) is 4. The molecule has 0 aromatic heterocycles. The standard InChI is InChI=1S/C16H24ClN3O3S.ClH/c1-11(18)15-5-3-4-10-20(15)16(21)12(2)19-24(22,23)14-8-6-13(17)7-9-14;/h6-9,11-12,15,19H,3-5,10,18H2,1-2H3;1H. The maximum atomic E-state index is 12.7. The lowest BCUT2D eigenvalue weighted by Gasteiger charge is -2.39. The van der Waals surface area contributed by atoms with Crippen molar-refractivity contribution >= 4 is 39.9 Å². The van der Waals surface area contributed by atoms with Gasteiger partial charge in [0.05, 0.1) is 10.9 Å². The average molecular weight is 410 g/mol. The first-order valence-corrected chi connectivity index (χ1v) is 9.92. The Morgan fingerprint density at radius 1 is 1.28 bits per heavy atom. The summed E-state index contributed by atoms with van der Waals surface area (Å²) < 4.78 is 27.3. The van der Waals surface area contributed by atoms with Crippen LogP contribution >= 0.6 is 24.0 Å². The Morgan fingerprint density at radius 2 is 1.88 bits per heavy atom. The van der Waals surface area contributed by atoms with Crippen LogP contribution < -0.4 is 10.5 Å². The quantitative estimate of drug-likeness (QED) is 0.778. The number of piperidine rings is 1. The van der Waals surface area contributed by atoms with Gasteiger partial charge in [-0.2, -0.15) is 4.72 Å². The van der Waals surface area contributed by atoms with Gasteiger partial charge in [-0.05, 0) is 57.4 Å². The first kappa shape index (κ1) is 22.2. The van der Waals surface area contributed by atoms with E-state index in [0.717, 1.165) is 19.3 Å². The number of carbonyl (C=O) groups is 1. The van der Waals surface area contributed by atoms with Crippen LogP contribution in [0, 0.1) is 0 Å². The molecule has 0 saturated carbocycles. The number of rotatable bonds is 5.